The first kappa shape index (κ1) is 20.0. The van der Waals surface area contributed by atoms with Gasteiger partial charge in [-0.05, 0) is 67.9 Å². The number of amides is 1. The largest absolute Gasteiger partial charge is 0.495 e. The van der Waals surface area contributed by atoms with Crippen LogP contribution in [0.15, 0.2) is 71.7 Å². The molecule has 1 aliphatic carbocycles. The molecule has 6 rings (SSSR count). The van der Waals surface area contributed by atoms with Crippen molar-refractivity contribution in [2.75, 3.05) is 4.90 Å². The van der Waals surface area contributed by atoms with Crippen LogP contribution in [0.25, 0.3) is 5.57 Å². The molecule has 0 N–H and O–H groups in total. The van der Waals surface area contributed by atoms with Gasteiger partial charge in [-0.25, -0.2) is 0 Å². The Balaban J connectivity index is 1.61. The smallest absolute Gasteiger partial charge is 0.399 e. The molecule has 5 heteroatoms. The Morgan fingerprint density at radius 1 is 0.906 bits per heavy atom. The van der Waals surface area contributed by atoms with Crippen LogP contribution in [0.4, 0.5) is 5.69 Å². The van der Waals surface area contributed by atoms with E-state index in [-0.39, 0.29) is 17.9 Å². The van der Waals surface area contributed by atoms with Crippen LogP contribution in [0.2, 0.25) is 0 Å². The first-order valence-electron chi connectivity index (χ1n) is 11.5. The predicted octanol–water partition coefficient (Wildman–Crippen LogP) is 5.30. The highest BCUT2D eigenvalue weighted by atomic mass is 16.7. The molecule has 3 aliphatic heterocycles. The third-order valence-electron chi connectivity index (χ3n) is 7.96. The summed E-state index contributed by atoms with van der Waals surface area (Å²) < 4.78 is 13.1. The SMILES string of the molecule is CC1(C)OB(C2=C(c3ccccc3)[C@H]3c4ccccc4N4C(=O)CCC(=C2)[C@@H]34)OC1(C)C. The third kappa shape index (κ3) is 2.67. The van der Waals surface area contributed by atoms with Gasteiger partial charge in [0.15, 0.2) is 0 Å². The van der Waals surface area contributed by atoms with Gasteiger partial charge in [0.05, 0.1) is 17.2 Å². The highest BCUT2D eigenvalue weighted by Crippen LogP contribution is 2.56. The number of hydrogen-bond acceptors (Lipinski definition) is 3. The normalized spacial score (nSPS) is 27.4. The van der Waals surface area contributed by atoms with Crippen LogP contribution in [0.1, 0.15) is 57.6 Å². The zero-order valence-electron chi connectivity index (χ0n) is 19.1. The van der Waals surface area contributed by atoms with Gasteiger partial charge in [0.2, 0.25) is 5.91 Å². The van der Waals surface area contributed by atoms with E-state index in [1.807, 2.05) is 17.0 Å². The van der Waals surface area contributed by atoms with Gasteiger partial charge in [-0.2, -0.15) is 0 Å². The highest BCUT2D eigenvalue weighted by molar-refractivity contribution is 6.57. The van der Waals surface area contributed by atoms with Crippen molar-refractivity contribution < 1.29 is 14.1 Å². The quantitative estimate of drug-likeness (QED) is 0.613. The van der Waals surface area contributed by atoms with Gasteiger partial charge in [0.1, 0.15) is 0 Å². The summed E-state index contributed by atoms with van der Waals surface area (Å²) in [4.78, 5) is 15.1. The Morgan fingerprint density at radius 3 is 2.28 bits per heavy atom. The van der Waals surface area contributed by atoms with Crippen molar-refractivity contribution in [2.24, 2.45) is 0 Å². The number of hydrogen-bond donors (Lipinski definition) is 0. The van der Waals surface area contributed by atoms with Crippen molar-refractivity contribution in [3.8, 4) is 0 Å². The van der Waals surface area contributed by atoms with Gasteiger partial charge in [0, 0.05) is 18.0 Å². The van der Waals surface area contributed by atoms with Crippen LogP contribution in [0.3, 0.4) is 0 Å². The van der Waals surface area contributed by atoms with E-state index in [4.69, 9.17) is 9.31 Å². The van der Waals surface area contributed by atoms with Gasteiger partial charge in [-0.3, -0.25) is 4.79 Å². The van der Waals surface area contributed by atoms with Crippen LogP contribution < -0.4 is 4.90 Å². The first-order valence-corrected chi connectivity index (χ1v) is 11.5. The maximum atomic E-state index is 13.1. The molecule has 0 saturated carbocycles. The van der Waals surface area contributed by atoms with E-state index in [9.17, 15) is 4.79 Å². The van der Waals surface area contributed by atoms with Crippen molar-refractivity contribution >= 4 is 24.3 Å². The summed E-state index contributed by atoms with van der Waals surface area (Å²) in [6.07, 6.45) is 3.60. The summed E-state index contributed by atoms with van der Waals surface area (Å²) in [6, 6.07) is 18.9. The second kappa shape index (κ2) is 6.69. The fraction of sp³-hybridized carbons (Fsp3) is 0.370. The third-order valence-corrected chi connectivity index (χ3v) is 7.96. The molecule has 2 saturated heterocycles. The second-order valence-corrected chi connectivity index (χ2v) is 10.3. The van der Waals surface area contributed by atoms with E-state index in [2.05, 4.69) is 76.2 Å². The van der Waals surface area contributed by atoms with Gasteiger partial charge < -0.3 is 14.2 Å². The van der Waals surface area contributed by atoms with E-state index in [1.54, 1.807) is 0 Å². The van der Waals surface area contributed by atoms with Crippen molar-refractivity contribution in [2.45, 2.75) is 63.7 Å². The Labute approximate surface area is 190 Å². The summed E-state index contributed by atoms with van der Waals surface area (Å²) >= 11 is 0. The molecule has 2 aromatic carbocycles. The molecular formula is C27H28BNO3. The fourth-order valence-corrected chi connectivity index (χ4v) is 5.68. The molecule has 4 nitrogen and oxygen atoms in total. The zero-order chi connectivity index (χ0) is 22.3. The Bertz CT molecular complexity index is 1160. The number of nitrogens with zero attached hydrogens (tertiary/aromatic N) is 1. The van der Waals surface area contributed by atoms with Crippen LogP contribution in [0.5, 0.6) is 0 Å². The molecule has 32 heavy (non-hydrogen) atoms. The Hall–Kier alpha value is -2.63. The van der Waals surface area contributed by atoms with E-state index in [0.29, 0.717) is 6.42 Å². The number of fused-ring (bicyclic) bond motifs is 3. The summed E-state index contributed by atoms with van der Waals surface area (Å²) in [7, 11) is -0.442. The average molecular weight is 425 g/mol. The number of carbonyl (C=O) groups is 1. The average Bonchev–Trinajstić information content (AvgIpc) is 3.23. The number of rotatable bonds is 2. The van der Waals surface area contributed by atoms with Crippen LogP contribution in [-0.2, 0) is 14.1 Å². The lowest BCUT2D eigenvalue weighted by atomic mass is 9.63. The molecule has 0 spiro atoms. The van der Waals surface area contributed by atoms with Gasteiger partial charge in [0.25, 0.3) is 0 Å². The highest BCUT2D eigenvalue weighted by Gasteiger charge is 2.56. The lowest BCUT2D eigenvalue weighted by Gasteiger charge is -2.39. The minimum Gasteiger partial charge on any atom is -0.399 e. The molecule has 0 aromatic heterocycles. The molecule has 2 aromatic rings. The molecule has 2 fully saturated rings. The predicted molar refractivity (Wildman–Crippen MR) is 127 cm³/mol. The van der Waals surface area contributed by atoms with Crippen LogP contribution in [-0.4, -0.2) is 30.3 Å². The van der Waals surface area contributed by atoms with Crippen LogP contribution in [0, 0.1) is 0 Å². The minimum atomic E-state index is -0.442. The van der Waals surface area contributed by atoms with Crippen molar-refractivity contribution in [1.82, 2.24) is 0 Å². The minimum absolute atomic E-state index is 0.0371. The van der Waals surface area contributed by atoms with Gasteiger partial charge in [-0.1, -0.05) is 54.6 Å². The standard InChI is InChI=1S/C27H28BNO3/c1-26(2)27(3,4)32-28(31-26)20-16-18-14-15-22(30)29-21-13-9-8-12-19(21)24(25(18)29)23(20)17-10-6-5-7-11-17/h5-13,16,24-25H,14-15H2,1-4H3/t24-,25+/m1/s1. The second-order valence-electron chi connectivity index (χ2n) is 10.3. The first-order chi connectivity index (χ1) is 15.3. The summed E-state index contributed by atoms with van der Waals surface area (Å²) in [5, 5.41) is 0. The monoisotopic (exact) mass is 425 g/mol. The topological polar surface area (TPSA) is 38.8 Å². The Morgan fingerprint density at radius 2 is 1.56 bits per heavy atom. The lowest BCUT2D eigenvalue weighted by Crippen LogP contribution is -2.46. The maximum Gasteiger partial charge on any atom is 0.495 e. The number of allylic oxidation sites excluding steroid dienone is 2. The molecule has 162 valence electrons. The molecule has 1 amide bonds. The summed E-state index contributed by atoms with van der Waals surface area (Å²) in [5.74, 6) is 0.292. The van der Waals surface area contributed by atoms with E-state index < -0.39 is 18.3 Å². The van der Waals surface area contributed by atoms with Crippen molar-refractivity contribution in [3.05, 3.63) is 82.8 Å². The number of benzene rings is 2. The number of piperidine rings is 1. The van der Waals surface area contributed by atoms with E-state index in [0.717, 1.165) is 23.1 Å². The van der Waals surface area contributed by atoms with Crippen LogP contribution >= 0.6 is 0 Å². The summed E-state index contributed by atoms with van der Waals surface area (Å²) in [6.45, 7) is 8.39. The molecule has 0 bridgehead atoms. The van der Waals surface area contributed by atoms with E-state index in [1.165, 1.54) is 16.7 Å². The molecular weight excluding hydrogens is 397 g/mol. The molecule has 0 radical (unpaired) electrons. The molecule has 2 atom stereocenters. The molecule has 0 unspecified atom stereocenters. The Kier molecular flexibility index (Phi) is 4.18. The number of para-hydroxylation sites is 1. The number of carbonyl (C=O) groups excluding carboxylic acids is 1. The molecule has 4 aliphatic rings. The maximum absolute atomic E-state index is 13.1. The van der Waals surface area contributed by atoms with Gasteiger partial charge >= 0.3 is 7.12 Å². The fourth-order valence-electron chi connectivity index (χ4n) is 5.68. The van der Waals surface area contributed by atoms with Crippen molar-refractivity contribution in [1.29, 1.82) is 0 Å². The lowest BCUT2D eigenvalue weighted by molar-refractivity contribution is -0.119. The van der Waals surface area contributed by atoms with Gasteiger partial charge in [-0.15, -0.1) is 0 Å². The summed E-state index contributed by atoms with van der Waals surface area (Å²) in [5.41, 5.74) is 6.20. The molecule has 3 heterocycles. The zero-order valence-corrected chi connectivity index (χ0v) is 19.1. The number of anilines is 1. The van der Waals surface area contributed by atoms with E-state index >= 15 is 0 Å². The van der Waals surface area contributed by atoms with Crippen molar-refractivity contribution in [3.63, 3.8) is 0 Å².